The van der Waals surface area contributed by atoms with Gasteiger partial charge in [0.2, 0.25) is 0 Å². The molecule has 1 atom stereocenters. The van der Waals surface area contributed by atoms with Gasteiger partial charge in [-0.3, -0.25) is 4.98 Å². The molecule has 1 aromatic heterocycles. The molecular weight excluding hydrogens is 250 g/mol. The van der Waals surface area contributed by atoms with E-state index in [1.165, 1.54) is 12.8 Å². The van der Waals surface area contributed by atoms with Crippen molar-refractivity contribution in [2.75, 3.05) is 18.9 Å². The Hall–Kier alpha value is -1.13. The SMILES string of the molecule is CCCNC(c1cnccc1N)C1(OCC)CCCC1. The van der Waals surface area contributed by atoms with Crippen LogP contribution >= 0.6 is 0 Å². The summed E-state index contributed by atoms with van der Waals surface area (Å²) in [5.74, 6) is 0. The minimum absolute atomic E-state index is 0.124. The second kappa shape index (κ2) is 7.04. The topological polar surface area (TPSA) is 60.2 Å². The molecule has 0 aromatic carbocycles. The second-order valence-electron chi connectivity index (χ2n) is 5.60. The molecule has 1 aliphatic carbocycles. The lowest BCUT2D eigenvalue weighted by molar-refractivity contribution is -0.0625. The first-order valence-electron chi connectivity index (χ1n) is 7.80. The number of pyridine rings is 1. The van der Waals surface area contributed by atoms with E-state index in [0.29, 0.717) is 0 Å². The van der Waals surface area contributed by atoms with Gasteiger partial charge in [0.1, 0.15) is 0 Å². The van der Waals surface area contributed by atoms with Crippen molar-refractivity contribution in [1.82, 2.24) is 10.3 Å². The molecule has 1 aromatic rings. The summed E-state index contributed by atoms with van der Waals surface area (Å²) in [6.45, 7) is 5.96. The first-order valence-corrected chi connectivity index (χ1v) is 7.80. The molecule has 1 heterocycles. The lowest BCUT2D eigenvalue weighted by atomic mass is 9.86. The fraction of sp³-hybridized carbons (Fsp3) is 0.688. The molecule has 0 saturated heterocycles. The molecule has 4 heteroatoms. The summed E-state index contributed by atoms with van der Waals surface area (Å²) in [5.41, 5.74) is 7.94. The zero-order chi connectivity index (χ0) is 14.4. The third kappa shape index (κ3) is 3.13. The van der Waals surface area contributed by atoms with E-state index < -0.39 is 0 Å². The predicted molar refractivity (Wildman–Crippen MR) is 82.5 cm³/mol. The van der Waals surface area contributed by atoms with Gasteiger partial charge in [0.15, 0.2) is 0 Å². The van der Waals surface area contributed by atoms with E-state index in [1.807, 2.05) is 12.3 Å². The lowest BCUT2D eigenvalue weighted by Gasteiger charge is -2.38. The van der Waals surface area contributed by atoms with Crippen molar-refractivity contribution in [1.29, 1.82) is 0 Å². The van der Waals surface area contributed by atoms with Crippen molar-refractivity contribution in [3.05, 3.63) is 24.0 Å². The van der Waals surface area contributed by atoms with Gasteiger partial charge in [-0.15, -0.1) is 0 Å². The van der Waals surface area contributed by atoms with Crippen LogP contribution in [0.25, 0.3) is 0 Å². The van der Waals surface area contributed by atoms with Crippen molar-refractivity contribution in [3.8, 4) is 0 Å². The summed E-state index contributed by atoms with van der Waals surface area (Å²) < 4.78 is 6.21. The standard InChI is InChI=1S/C16H27N3O/c1-3-10-19-15(13-12-18-11-7-14(13)17)16(20-4-2)8-5-6-9-16/h7,11-12,15,19H,3-6,8-10H2,1-2H3,(H2,17,18). The Kier molecular flexibility index (Phi) is 5.38. The van der Waals surface area contributed by atoms with E-state index >= 15 is 0 Å². The Bertz CT molecular complexity index is 416. The van der Waals surface area contributed by atoms with Crippen LogP contribution in [0.3, 0.4) is 0 Å². The van der Waals surface area contributed by atoms with Gasteiger partial charge in [-0.25, -0.2) is 0 Å². The van der Waals surface area contributed by atoms with Crippen LogP contribution in [0.15, 0.2) is 18.5 Å². The van der Waals surface area contributed by atoms with Crippen LogP contribution in [0.2, 0.25) is 0 Å². The minimum Gasteiger partial charge on any atom is -0.398 e. The van der Waals surface area contributed by atoms with Gasteiger partial charge < -0.3 is 15.8 Å². The van der Waals surface area contributed by atoms with Gasteiger partial charge in [0.25, 0.3) is 0 Å². The first-order chi connectivity index (χ1) is 9.73. The average molecular weight is 277 g/mol. The maximum atomic E-state index is 6.21. The highest BCUT2D eigenvalue weighted by Crippen LogP contribution is 2.44. The van der Waals surface area contributed by atoms with E-state index in [9.17, 15) is 0 Å². The second-order valence-corrected chi connectivity index (χ2v) is 5.60. The third-order valence-electron chi connectivity index (χ3n) is 4.20. The highest BCUT2D eigenvalue weighted by molar-refractivity contribution is 5.47. The summed E-state index contributed by atoms with van der Waals surface area (Å²) in [5, 5.41) is 3.65. The monoisotopic (exact) mass is 277 g/mol. The summed E-state index contributed by atoms with van der Waals surface area (Å²) in [4.78, 5) is 4.26. The molecule has 2 rings (SSSR count). The summed E-state index contributed by atoms with van der Waals surface area (Å²) >= 11 is 0. The van der Waals surface area contributed by atoms with Crippen molar-refractivity contribution in [3.63, 3.8) is 0 Å². The van der Waals surface area contributed by atoms with Crippen molar-refractivity contribution in [2.24, 2.45) is 0 Å². The molecule has 1 fully saturated rings. The van der Waals surface area contributed by atoms with E-state index in [4.69, 9.17) is 10.5 Å². The highest BCUT2D eigenvalue weighted by Gasteiger charge is 2.43. The number of nitrogens with two attached hydrogens (primary N) is 1. The molecule has 4 nitrogen and oxygen atoms in total. The van der Waals surface area contributed by atoms with Crippen molar-refractivity contribution in [2.45, 2.75) is 57.6 Å². The Balaban J connectivity index is 2.33. The number of hydrogen-bond donors (Lipinski definition) is 2. The molecule has 0 spiro atoms. The zero-order valence-corrected chi connectivity index (χ0v) is 12.7. The van der Waals surface area contributed by atoms with Gasteiger partial charge in [0, 0.05) is 30.3 Å². The zero-order valence-electron chi connectivity index (χ0n) is 12.7. The smallest absolute Gasteiger partial charge is 0.0877 e. The number of hydrogen-bond acceptors (Lipinski definition) is 4. The van der Waals surface area contributed by atoms with Crippen molar-refractivity contribution >= 4 is 5.69 Å². The van der Waals surface area contributed by atoms with Crippen LogP contribution in [-0.2, 0) is 4.74 Å². The minimum atomic E-state index is -0.124. The molecule has 3 N–H and O–H groups in total. The molecule has 0 aliphatic heterocycles. The quantitative estimate of drug-likeness (QED) is 0.804. The van der Waals surface area contributed by atoms with Gasteiger partial charge in [0.05, 0.1) is 11.6 Å². The Morgan fingerprint density at radius 3 is 2.75 bits per heavy atom. The summed E-state index contributed by atoms with van der Waals surface area (Å²) in [7, 11) is 0. The molecule has 1 saturated carbocycles. The van der Waals surface area contributed by atoms with Crippen LogP contribution in [0.4, 0.5) is 5.69 Å². The maximum absolute atomic E-state index is 6.21. The van der Waals surface area contributed by atoms with E-state index in [1.54, 1.807) is 6.20 Å². The van der Waals surface area contributed by atoms with Gasteiger partial charge >= 0.3 is 0 Å². The van der Waals surface area contributed by atoms with Crippen LogP contribution in [-0.4, -0.2) is 23.7 Å². The number of nitrogen functional groups attached to an aromatic ring is 1. The first kappa shape index (κ1) is 15.3. The van der Waals surface area contributed by atoms with E-state index in [0.717, 1.165) is 43.7 Å². The molecule has 0 bridgehead atoms. The van der Waals surface area contributed by atoms with Gasteiger partial charge in [-0.05, 0) is 38.8 Å². The highest BCUT2D eigenvalue weighted by atomic mass is 16.5. The largest absolute Gasteiger partial charge is 0.398 e. The molecule has 20 heavy (non-hydrogen) atoms. The maximum Gasteiger partial charge on any atom is 0.0877 e. The number of ether oxygens (including phenoxy) is 1. The van der Waals surface area contributed by atoms with Crippen LogP contribution in [0.1, 0.15) is 57.6 Å². The Morgan fingerprint density at radius 2 is 2.15 bits per heavy atom. The molecular formula is C16H27N3O. The van der Waals surface area contributed by atoms with Gasteiger partial charge in [-0.2, -0.15) is 0 Å². The molecule has 112 valence electrons. The third-order valence-corrected chi connectivity index (χ3v) is 4.20. The van der Waals surface area contributed by atoms with Crippen LogP contribution < -0.4 is 11.1 Å². The number of anilines is 1. The Morgan fingerprint density at radius 1 is 1.40 bits per heavy atom. The summed E-state index contributed by atoms with van der Waals surface area (Å²) in [6, 6.07) is 2.02. The number of nitrogens with one attached hydrogen (secondary N) is 1. The molecule has 1 unspecified atom stereocenters. The predicted octanol–water partition coefficient (Wildman–Crippen LogP) is 3.05. The van der Waals surface area contributed by atoms with Crippen LogP contribution in [0, 0.1) is 0 Å². The number of nitrogens with zero attached hydrogens (tertiary/aromatic N) is 1. The van der Waals surface area contributed by atoms with E-state index in [-0.39, 0.29) is 11.6 Å². The fourth-order valence-electron chi connectivity index (χ4n) is 3.30. The number of aromatic nitrogens is 1. The van der Waals surface area contributed by atoms with Crippen molar-refractivity contribution < 1.29 is 4.74 Å². The molecule has 0 radical (unpaired) electrons. The average Bonchev–Trinajstić information content (AvgIpc) is 2.91. The lowest BCUT2D eigenvalue weighted by Crippen LogP contribution is -2.45. The van der Waals surface area contributed by atoms with Gasteiger partial charge in [-0.1, -0.05) is 19.8 Å². The Labute approximate surface area is 122 Å². The van der Waals surface area contributed by atoms with Crippen LogP contribution in [0.5, 0.6) is 0 Å². The molecule has 1 aliphatic rings. The number of rotatable bonds is 7. The normalized spacial score (nSPS) is 19.1. The van der Waals surface area contributed by atoms with E-state index in [2.05, 4.69) is 24.1 Å². The summed E-state index contributed by atoms with van der Waals surface area (Å²) in [6.07, 6.45) is 9.38. The fourth-order valence-corrected chi connectivity index (χ4v) is 3.30. The molecule has 0 amide bonds.